The molecule has 5 nitrogen and oxygen atoms in total. The molecule has 3 rings (SSSR count). The number of rotatable bonds is 3. The molecular weight excluding hydrogens is 428 g/mol. The number of carboxylic acids is 1. The average Bonchev–Trinajstić information content (AvgIpc) is 2.63. The van der Waals surface area contributed by atoms with Gasteiger partial charge >= 0.3 is 0 Å². The fourth-order valence-electron chi connectivity index (χ4n) is 2.68. The van der Waals surface area contributed by atoms with Gasteiger partial charge in [-0.3, -0.25) is 10.1 Å². The molecule has 0 radical (unpaired) electrons. The van der Waals surface area contributed by atoms with E-state index in [1.807, 2.05) is 24.3 Å². The van der Waals surface area contributed by atoms with Gasteiger partial charge in [0.15, 0.2) is 5.11 Å². The second-order valence-corrected chi connectivity index (χ2v) is 7.13. The number of carbonyl (C=O) groups is 2. The minimum Gasteiger partial charge on any atom is -0.545 e. The van der Waals surface area contributed by atoms with Crippen LogP contribution in [0, 0.1) is 6.92 Å². The summed E-state index contributed by atoms with van der Waals surface area (Å²) in [7, 11) is 0. The van der Waals surface area contributed by atoms with E-state index in [2.05, 4.69) is 26.6 Å². The Labute approximate surface area is 169 Å². The number of benzene rings is 3. The molecule has 3 aromatic rings. The molecule has 0 heterocycles. The lowest BCUT2D eigenvalue weighted by atomic mass is 10.0. The maximum atomic E-state index is 12.7. The molecule has 0 aliphatic carbocycles. The summed E-state index contributed by atoms with van der Waals surface area (Å²) in [5, 5.41) is 18.3. The Morgan fingerprint density at radius 1 is 1.04 bits per heavy atom. The highest BCUT2D eigenvalue weighted by Crippen LogP contribution is 2.26. The van der Waals surface area contributed by atoms with Crippen molar-refractivity contribution in [2.45, 2.75) is 6.92 Å². The Morgan fingerprint density at radius 3 is 2.48 bits per heavy atom. The average molecular weight is 442 g/mol. The molecule has 0 aliphatic rings. The Balaban J connectivity index is 1.81. The molecule has 0 saturated carbocycles. The number of carbonyl (C=O) groups excluding carboxylic acids is 2. The monoisotopic (exact) mass is 441 g/mol. The molecule has 0 saturated heterocycles. The molecule has 2 N–H and O–H groups in total. The van der Waals surface area contributed by atoms with E-state index in [-0.39, 0.29) is 16.6 Å². The molecule has 27 heavy (non-hydrogen) atoms. The van der Waals surface area contributed by atoms with Crippen LogP contribution >= 0.6 is 28.1 Å². The number of thiocarbonyl (C=S) groups is 1. The number of carboxylic acid groups (broad SMARTS) is 1. The molecule has 0 spiro atoms. The predicted octanol–water partition coefficient (Wildman–Crippen LogP) is 3.40. The summed E-state index contributed by atoms with van der Waals surface area (Å²) in [6, 6.07) is 15.6. The van der Waals surface area contributed by atoms with Crippen molar-refractivity contribution in [3.05, 3.63) is 75.8 Å². The van der Waals surface area contributed by atoms with E-state index >= 15 is 0 Å². The van der Waals surface area contributed by atoms with Crippen LogP contribution in [0.25, 0.3) is 10.8 Å². The Hall–Kier alpha value is -2.77. The van der Waals surface area contributed by atoms with Crippen LogP contribution in [0.3, 0.4) is 0 Å². The first-order valence-corrected chi connectivity index (χ1v) is 9.18. The third-order valence-corrected chi connectivity index (χ3v) is 4.96. The van der Waals surface area contributed by atoms with E-state index in [0.717, 1.165) is 20.8 Å². The van der Waals surface area contributed by atoms with Gasteiger partial charge in [0.2, 0.25) is 0 Å². The minimum absolute atomic E-state index is 0.0242. The van der Waals surface area contributed by atoms with Gasteiger partial charge in [-0.1, -0.05) is 52.3 Å². The number of hydrogen-bond acceptors (Lipinski definition) is 4. The van der Waals surface area contributed by atoms with Crippen LogP contribution in [-0.4, -0.2) is 17.0 Å². The van der Waals surface area contributed by atoms with Crippen LogP contribution in [0.2, 0.25) is 0 Å². The van der Waals surface area contributed by atoms with Gasteiger partial charge in [-0.05, 0) is 59.2 Å². The van der Waals surface area contributed by atoms with Crippen LogP contribution in [0.5, 0.6) is 0 Å². The normalized spacial score (nSPS) is 10.4. The zero-order chi connectivity index (χ0) is 19.6. The molecule has 0 atom stereocenters. The first-order valence-electron chi connectivity index (χ1n) is 7.98. The SMILES string of the molecule is Cc1ccc(C(=O)[O-])cc1NC(=S)NC(=O)c1cccc2c(Br)cccc12. The summed E-state index contributed by atoms with van der Waals surface area (Å²) < 4.78 is 0.894. The molecule has 3 aromatic carbocycles. The van der Waals surface area contributed by atoms with Crippen molar-refractivity contribution in [1.82, 2.24) is 5.32 Å². The number of aryl methyl sites for hydroxylation is 1. The van der Waals surface area contributed by atoms with Gasteiger partial charge in [0.05, 0.1) is 5.97 Å². The first kappa shape index (κ1) is 19.0. The van der Waals surface area contributed by atoms with Crippen molar-refractivity contribution < 1.29 is 14.7 Å². The Bertz CT molecular complexity index is 1080. The van der Waals surface area contributed by atoms with Gasteiger partial charge in [0.1, 0.15) is 0 Å². The zero-order valence-corrected chi connectivity index (χ0v) is 16.6. The largest absolute Gasteiger partial charge is 0.545 e. The summed E-state index contributed by atoms with van der Waals surface area (Å²) in [5.41, 5.74) is 1.78. The second kappa shape index (κ2) is 7.85. The molecular formula is C20H14BrN2O3S-. The highest BCUT2D eigenvalue weighted by atomic mass is 79.9. The van der Waals surface area contributed by atoms with Crippen LogP contribution in [0.15, 0.2) is 59.1 Å². The maximum absolute atomic E-state index is 12.7. The van der Waals surface area contributed by atoms with E-state index in [1.165, 1.54) is 12.1 Å². The zero-order valence-electron chi connectivity index (χ0n) is 14.2. The van der Waals surface area contributed by atoms with E-state index in [1.54, 1.807) is 25.1 Å². The lowest BCUT2D eigenvalue weighted by molar-refractivity contribution is -0.255. The van der Waals surface area contributed by atoms with Gasteiger partial charge in [-0.15, -0.1) is 0 Å². The van der Waals surface area contributed by atoms with Crippen LogP contribution in [-0.2, 0) is 0 Å². The molecule has 136 valence electrons. The van der Waals surface area contributed by atoms with Crippen molar-refractivity contribution in [2.75, 3.05) is 5.32 Å². The lowest BCUT2D eigenvalue weighted by Gasteiger charge is -2.14. The van der Waals surface area contributed by atoms with Gasteiger partial charge in [-0.25, -0.2) is 0 Å². The van der Waals surface area contributed by atoms with E-state index in [0.29, 0.717) is 11.3 Å². The third kappa shape index (κ3) is 4.15. The lowest BCUT2D eigenvalue weighted by Crippen LogP contribution is -2.34. The van der Waals surface area contributed by atoms with Crippen LogP contribution in [0.1, 0.15) is 26.3 Å². The van der Waals surface area contributed by atoms with Crippen molar-refractivity contribution in [3.63, 3.8) is 0 Å². The van der Waals surface area contributed by atoms with E-state index in [9.17, 15) is 14.7 Å². The molecule has 0 unspecified atom stereocenters. The summed E-state index contributed by atoms with van der Waals surface area (Å²) >= 11 is 8.69. The Morgan fingerprint density at radius 2 is 1.74 bits per heavy atom. The highest BCUT2D eigenvalue weighted by molar-refractivity contribution is 9.10. The van der Waals surface area contributed by atoms with E-state index in [4.69, 9.17) is 12.2 Å². The van der Waals surface area contributed by atoms with E-state index < -0.39 is 5.97 Å². The predicted molar refractivity (Wildman–Crippen MR) is 111 cm³/mol. The summed E-state index contributed by atoms with van der Waals surface area (Å²) in [6.07, 6.45) is 0. The highest BCUT2D eigenvalue weighted by Gasteiger charge is 2.13. The summed E-state index contributed by atoms with van der Waals surface area (Å²) in [5.74, 6) is -1.64. The van der Waals surface area contributed by atoms with Gasteiger partial charge in [-0.2, -0.15) is 0 Å². The summed E-state index contributed by atoms with van der Waals surface area (Å²) in [4.78, 5) is 23.7. The van der Waals surface area contributed by atoms with Crippen molar-refractivity contribution in [1.29, 1.82) is 0 Å². The molecule has 0 fully saturated rings. The molecule has 0 aliphatic heterocycles. The maximum Gasteiger partial charge on any atom is 0.258 e. The van der Waals surface area contributed by atoms with Gasteiger partial charge in [0.25, 0.3) is 5.91 Å². The number of fused-ring (bicyclic) bond motifs is 1. The number of nitrogens with one attached hydrogen (secondary N) is 2. The molecule has 1 amide bonds. The topological polar surface area (TPSA) is 81.3 Å². The number of aromatic carboxylic acids is 1. The molecule has 7 heteroatoms. The standard InChI is InChI=1S/C20H15BrN2O3S/c1-11-8-9-12(19(25)26)10-17(11)22-20(27)23-18(24)15-6-2-5-14-13(15)4-3-7-16(14)21/h2-10H,1H3,(H,25,26)(H2,22,23,24,27)/p-1. The first-order chi connectivity index (χ1) is 12.9. The number of anilines is 1. The van der Waals surface area contributed by atoms with Crippen molar-refractivity contribution in [3.8, 4) is 0 Å². The number of hydrogen-bond donors (Lipinski definition) is 2. The van der Waals surface area contributed by atoms with Crippen molar-refractivity contribution >= 4 is 61.6 Å². The van der Waals surface area contributed by atoms with Crippen molar-refractivity contribution in [2.24, 2.45) is 0 Å². The van der Waals surface area contributed by atoms with Crippen LogP contribution in [0.4, 0.5) is 5.69 Å². The smallest absolute Gasteiger partial charge is 0.258 e. The van der Waals surface area contributed by atoms with Gasteiger partial charge in [0, 0.05) is 15.7 Å². The summed E-state index contributed by atoms with van der Waals surface area (Å²) in [6.45, 7) is 1.80. The quantitative estimate of drug-likeness (QED) is 0.608. The molecule has 0 bridgehead atoms. The van der Waals surface area contributed by atoms with Gasteiger partial charge < -0.3 is 15.2 Å². The minimum atomic E-state index is -1.28. The second-order valence-electron chi connectivity index (χ2n) is 5.87. The van der Waals surface area contributed by atoms with Crippen LogP contribution < -0.4 is 15.7 Å². The fourth-order valence-corrected chi connectivity index (χ4v) is 3.38. The Kier molecular flexibility index (Phi) is 5.53. The third-order valence-electron chi connectivity index (χ3n) is 4.06. The molecule has 0 aromatic heterocycles. The number of halogens is 1. The number of amides is 1. The fraction of sp³-hybridized carbons (Fsp3) is 0.0500.